The van der Waals surface area contributed by atoms with E-state index in [1.165, 1.54) is 11.8 Å². The molecule has 3 heteroatoms. The summed E-state index contributed by atoms with van der Waals surface area (Å²) in [4.78, 5) is 2.41. The summed E-state index contributed by atoms with van der Waals surface area (Å²) < 4.78 is 5.92. The molecule has 2 heterocycles. The number of benzene rings is 1. The first-order chi connectivity index (χ1) is 9.13. The van der Waals surface area contributed by atoms with Crippen molar-refractivity contribution < 1.29 is 4.42 Å². The Morgan fingerprint density at radius 1 is 1.37 bits per heavy atom. The number of hydrogen-bond donors (Lipinski definition) is 1. The molecule has 1 aliphatic heterocycles. The Bertz CT molecular complexity index is 520. The highest BCUT2D eigenvalue weighted by molar-refractivity contribution is 5.77. The maximum Gasteiger partial charge on any atom is 0.134 e. The van der Waals surface area contributed by atoms with Crippen molar-refractivity contribution in [2.75, 3.05) is 13.6 Å². The molecule has 1 aliphatic rings. The van der Waals surface area contributed by atoms with Gasteiger partial charge in [-0.15, -0.1) is 0 Å². The number of likely N-dealkylation sites (N-methyl/N-ethyl adjacent to an activating group) is 1. The van der Waals surface area contributed by atoms with Crippen LogP contribution in [0.5, 0.6) is 0 Å². The lowest BCUT2D eigenvalue weighted by atomic mass is 10.1. The maximum atomic E-state index is 5.92. The summed E-state index contributed by atoms with van der Waals surface area (Å²) in [5.41, 5.74) is 0.975. The molecule has 1 fully saturated rings. The molecular formula is C16H22N2O. The molecule has 19 heavy (non-hydrogen) atoms. The number of fused-ring (bicyclic) bond motifs is 1. The van der Waals surface area contributed by atoms with Crippen LogP contribution in [-0.4, -0.2) is 30.6 Å². The third-order valence-electron chi connectivity index (χ3n) is 4.24. The quantitative estimate of drug-likeness (QED) is 0.916. The molecule has 1 aromatic heterocycles. The monoisotopic (exact) mass is 258 g/mol. The van der Waals surface area contributed by atoms with Crippen LogP contribution < -0.4 is 5.32 Å². The Morgan fingerprint density at radius 3 is 2.84 bits per heavy atom. The number of rotatable bonds is 3. The topological polar surface area (TPSA) is 28.4 Å². The molecule has 102 valence electrons. The van der Waals surface area contributed by atoms with E-state index in [2.05, 4.69) is 43.2 Å². The molecule has 1 saturated heterocycles. The van der Waals surface area contributed by atoms with Gasteiger partial charge in [0.05, 0.1) is 6.04 Å². The normalized spacial score (nSPS) is 26.1. The lowest BCUT2D eigenvalue weighted by Crippen LogP contribution is -2.33. The van der Waals surface area contributed by atoms with Gasteiger partial charge in [-0.1, -0.05) is 18.2 Å². The van der Waals surface area contributed by atoms with E-state index in [9.17, 15) is 0 Å². The Balaban J connectivity index is 1.71. The standard InChI is InChI=1S/C16H22N2O/c1-11-8-14(10-18(11)3)17-12(2)16-9-13-6-4-5-7-15(13)19-16/h4-7,9,11-12,14,17H,8,10H2,1-3H3. The molecule has 0 aliphatic carbocycles. The number of para-hydroxylation sites is 1. The van der Waals surface area contributed by atoms with E-state index in [0.29, 0.717) is 12.1 Å². The summed E-state index contributed by atoms with van der Waals surface area (Å²) in [5.74, 6) is 1.03. The molecule has 2 aromatic rings. The SMILES string of the molecule is CC(NC1CC(C)N(C)C1)c1cc2ccccc2o1. The van der Waals surface area contributed by atoms with Crippen LogP contribution in [0.3, 0.4) is 0 Å². The molecule has 3 nitrogen and oxygen atoms in total. The van der Waals surface area contributed by atoms with E-state index in [1.54, 1.807) is 0 Å². The van der Waals surface area contributed by atoms with Gasteiger partial charge < -0.3 is 14.6 Å². The van der Waals surface area contributed by atoms with E-state index in [1.807, 2.05) is 18.2 Å². The van der Waals surface area contributed by atoms with Crippen LogP contribution in [0.25, 0.3) is 11.0 Å². The van der Waals surface area contributed by atoms with Crippen LogP contribution >= 0.6 is 0 Å². The fourth-order valence-electron chi connectivity index (χ4n) is 2.97. The van der Waals surface area contributed by atoms with Gasteiger partial charge in [-0.25, -0.2) is 0 Å². The molecule has 3 unspecified atom stereocenters. The van der Waals surface area contributed by atoms with E-state index in [-0.39, 0.29) is 6.04 Å². The van der Waals surface area contributed by atoms with E-state index in [4.69, 9.17) is 4.42 Å². The van der Waals surface area contributed by atoms with E-state index in [0.717, 1.165) is 17.9 Å². The smallest absolute Gasteiger partial charge is 0.134 e. The highest BCUT2D eigenvalue weighted by Gasteiger charge is 2.27. The van der Waals surface area contributed by atoms with Crippen LogP contribution in [0.1, 0.15) is 32.1 Å². The zero-order valence-corrected chi connectivity index (χ0v) is 11.9. The molecule has 0 amide bonds. The predicted molar refractivity (Wildman–Crippen MR) is 78.3 cm³/mol. The summed E-state index contributed by atoms with van der Waals surface area (Å²) in [5, 5.41) is 4.86. The highest BCUT2D eigenvalue weighted by atomic mass is 16.3. The molecule has 0 radical (unpaired) electrons. The van der Waals surface area contributed by atoms with Crippen molar-refractivity contribution in [2.45, 2.75) is 38.4 Å². The minimum Gasteiger partial charge on any atom is -0.459 e. The average molecular weight is 258 g/mol. The first-order valence-corrected chi connectivity index (χ1v) is 7.08. The summed E-state index contributed by atoms with van der Waals surface area (Å²) in [7, 11) is 2.19. The van der Waals surface area contributed by atoms with Crippen molar-refractivity contribution in [3.63, 3.8) is 0 Å². The summed E-state index contributed by atoms with van der Waals surface area (Å²) in [6, 6.07) is 11.8. The van der Waals surface area contributed by atoms with Crippen LogP contribution in [0, 0.1) is 0 Å². The van der Waals surface area contributed by atoms with Crippen molar-refractivity contribution in [2.24, 2.45) is 0 Å². The van der Waals surface area contributed by atoms with Gasteiger partial charge in [-0.05, 0) is 39.4 Å². The average Bonchev–Trinajstić information content (AvgIpc) is 2.93. The van der Waals surface area contributed by atoms with Crippen molar-refractivity contribution >= 4 is 11.0 Å². The van der Waals surface area contributed by atoms with Crippen molar-refractivity contribution in [1.82, 2.24) is 10.2 Å². The van der Waals surface area contributed by atoms with Crippen molar-refractivity contribution in [3.8, 4) is 0 Å². The van der Waals surface area contributed by atoms with Gasteiger partial charge in [0, 0.05) is 24.0 Å². The zero-order chi connectivity index (χ0) is 13.4. The first-order valence-electron chi connectivity index (χ1n) is 7.08. The molecule has 0 saturated carbocycles. The lowest BCUT2D eigenvalue weighted by Gasteiger charge is -2.17. The third kappa shape index (κ3) is 2.53. The number of hydrogen-bond acceptors (Lipinski definition) is 3. The van der Waals surface area contributed by atoms with Gasteiger partial charge in [0.1, 0.15) is 11.3 Å². The minimum absolute atomic E-state index is 0.260. The predicted octanol–water partition coefficient (Wildman–Crippen LogP) is 3.18. The fraction of sp³-hybridized carbons (Fsp3) is 0.500. The van der Waals surface area contributed by atoms with Gasteiger partial charge in [-0.2, -0.15) is 0 Å². The molecule has 0 spiro atoms. The van der Waals surface area contributed by atoms with E-state index < -0.39 is 0 Å². The lowest BCUT2D eigenvalue weighted by molar-refractivity contribution is 0.323. The Hall–Kier alpha value is -1.32. The second-order valence-electron chi connectivity index (χ2n) is 5.80. The molecule has 0 bridgehead atoms. The van der Waals surface area contributed by atoms with E-state index >= 15 is 0 Å². The Kier molecular flexibility index (Phi) is 3.33. The first kappa shape index (κ1) is 12.7. The van der Waals surface area contributed by atoms with Crippen LogP contribution in [-0.2, 0) is 0 Å². The van der Waals surface area contributed by atoms with Crippen molar-refractivity contribution in [1.29, 1.82) is 0 Å². The molecular weight excluding hydrogens is 236 g/mol. The van der Waals surface area contributed by atoms with Crippen LogP contribution in [0.4, 0.5) is 0 Å². The summed E-state index contributed by atoms with van der Waals surface area (Å²) in [6.07, 6.45) is 1.21. The van der Waals surface area contributed by atoms with Crippen LogP contribution in [0.15, 0.2) is 34.7 Å². The van der Waals surface area contributed by atoms with Gasteiger partial charge >= 0.3 is 0 Å². The summed E-state index contributed by atoms with van der Waals surface area (Å²) >= 11 is 0. The highest BCUT2D eigenvalue weighted by Crippen LogP contribution is 2.25. The van der Waals surface area contributed by atoms with Gasteiger partial charge in [0.2, 0.25) is 0 Å². The Labute approximate surface area is 114 Å². The molecule has 3 atom stereocenters. The Morgan fingerprint density at radius 2 is 2.16 bits per heavy atom. The maximum absolute atomic E-state index is 5.92. The van der Waals surface area contributed by atoms with Crippen molar-refractivity contribution in [3.05, 3.63) is 36.1 Å². The summed E-state index contributed by atoms with van der Waals surface area (Å²) in [6.45, 7) is 5.58. The minimum atomic E-state index is 0.260. The molecule has 1 N–H and O–H groups in total. The number of nitrogens with zero attached hydrogens (tertiary/aromatic N) is 1. The third-order valence-corrected chi connectivity index (χ3v) is 4.24. The second kappa shape index (κ2) is 4.99. The second-order valence-corrected chi connectivity index (χ2v) is 5.80. The number of likely N-dealkylation sites (tertiary alicyclic amines) is 1. The fourth-order valence-corrected chi connectivity index (χ4v) is 2.97. The zero-order valence-electron chi connectivity index (χ0n) is 11.9. The largest absolute Gasteiger partial charge is 0.459 e. The number of furan rings is 1. The number of nitrogens with one attached hydrogen (secondary N) is 1. The van der Waals surface area contributed by atoms with Gasteiger partial charge in [-0.3, -0.25) is 0 Å². The van der Waals surface area contributed by atoms with Crippen LogP contribution in [0.2, 0.25) is 0 Å². The van der Waals surface area contributed by atoms with Gasteiger partial charge in [0.25, 0.3) is 0 Å². The molecule has 3 rings (SSSR count). The molecule has 1 aromatic carbocycles. The van der Waals surface area contributed by atoms with Gasteiger partial charge in [0.15, 0.2) is 0 Å².